The van der Waals surface area contributed by atoms with Gasteiger partial charge in [0.25, 0.3) is 0 Å². The van der Waals surface area contributed by atoms with Crippen molar-refractivity contribution in [2.24, 2.45) is 0 Å². The summed E-state index contributed by atoms with van der Waals surface area (Å²) in [7, 11) is 0. The van der Waals surface area contributed by atoms with E-state index in [-0.39, 0.29) is 5.91 Å². The lowest BCUT2D eigenvalue weighted by molar-refractivity contribution is -0.116. The maximum absolute atomic E-state index is 11.6. The highest BCUT2D eigenvalue weighted by molar-refractivity contribution is 6.33. The smallest absolute Gasteiger partial charge is 0.225 e. The summed E-state index contributed by atoms with van der Waals surface area (Å²) in [5.41, 5.74) is 1.76. The second-order valence-electron chi connectivity index (χ2n) is 4.39. The highest BCUT2D eigenvalue weighted by Crippen LogP contribution is 2.22. The lowest BCUT2D eigenvalue weighted by atomic mass is 10.2. The van der Waals surface area contributed by atoms with Crippen LogP contribution >= 0.6 is 11.6 Å². The number of aryl methyl sites for hydroxylation is 1. The summed E-state index contributed by atoms with van der Waals surface area (Å²) in [5.74, 6) is -0.0225. The number of hydrogen-bond acceptors (Lipinski definition) is 2. The van der Waals surface area contributed by atoms with Crippen molar-refractivity contribution >= 4 is 23.2 Å². The number of nitrogens with one attached hydrogen (secondary N) is 2. The number of anilines is 1. The Kier molecular flexibility index (Phi) is 5.45. The third-order valence-electron chi connectivity index (χ3n) is 2.30. The minimum atomic E-state index is -0.0225. The van der Waals surface area contributed by atoms with E-state index in [2.05, 4.69) is 24.5 Å². The summed E-state index contributed by atoms with van der Waals surface area (Å²) >= 11 is 5.99. The molecule has 4 heteroatoms. The van der Waals surface area contributed by atoms with Crippen molar-refractivity contribution in [3.05, 3.63) is 28.8 Å². The van der Waals surface area contributed by atoms with Crippen molar-refractivity contribution in [2.45, 2.75) is 33.2 Å². The molecule has 1 rings (SSSR count). The van der Waals surface area contributed by atoms with E-state index in [9.17, 15) is 4.79 Å². The molecule has 0 aliphatic rings. The second-order valence-corrected chi connectivity index (χ2v) is 4.80. The summed E-state index contributed by atoms with van der Waals surface area (Å²) in [4.78, 5) is 11.6. The largest absolute Gasteiger partial charge is 0.325 e. The Hall–Kier alpha value is -1.06. The van der Waals surface area contributed by atoms with Gasteiger partial charge in [0, 0.05) is 19.0 Å². The van der Waals surface area contributed by atoms with Gasteiger partial charge in [0.15, 0.2) is 0 Å². The quantitative estimate of drug-likeness (QED) is 0.848. The van der Waals surface area contributed by atoms with E-state index in [0.717, 1.165) is 5.56 Å². The Morgan fingerprint density at radius 1 is 1.41 bits per heavy atom. The Balaban J connectivity index is 2.47. The number of rotatable bonds is 5. The van der Waals surface area contributed by atoms with Crippen LogP contribution in [0.15, 0.2) is 18.2 Å². The summed E-state index contributed by atoms with van der Waals surface area (Å²) in [6.07, 6.45) is 0.447. The second kappa shape index (κ2) is 6.62. The molecule has 0 saturated heterocycles. The number of hydrogen-bond donors (Lipinski definition) is 2. The maximum Gasteiger partial charge on any atom is 0.225 e. The van der Waals surface area contributed by atoms with Crippen LogP contribution in [0.3, 0.4) is 0 Å². The molecule has 1 aromatic carbocycles. The zero-order valence-corrected chi connectivity index (χ0v) is 11.3. The van der Waals surface area contributed by atoms with Crippen molar-refractivity contribution in [3.63, 3.8) is 0 Å². The predicted molar refractivity (Wildman–Crippen MR) is 72.6 cm³/mol. The molecule has 1 aromatic rings. The van der Waals surface area contributed by atoms with E-state index in [1.165, 1.54) is 0 Å². The predicted octanol–water partition coefficient (Wildman–Crippen LogP) is 2.98. The molecule has 1 amide bonds. The van der Waals surface area contributed by atoms with Crippen molar-refractivity contribution < 1.29 is 4.79 Å². The van der Waals surface area contributed by atoms with Gasteiger partial charge in [0.2, 0.25) is 5.91 Å². The summed E-state index contributed by atoms with van der Waals surface area (Å²) < 4.78 is 0. The molecule has 0 radical (unpaired) electrons. The molecule has 3 nitrogen and oxygen atoms in total. The van der Waals surface area contributed by atoms with Gasteiger partial charge in [-0.25, -0.2) is 0 Å². The highest BCUT2D eigenvalue weighted by atomic mass is 35.5. The van der Waals surface area contributed by atoms with Gasteiger partial charge < -0.3 is 10.6 Å². The van der Waals surface area contributed by atoms with Crippen LogP contribution in [0.4, 0.5) is 5.69 Å². The first-order valence-electron chi connectivity index (χ1n) is 5.78. The Labute approximate surface area is 108 Å². The minimum absolute atomic E-state index is 0.0225. The molecule has 0 heterocycles. The Morgan fingerprint density at radius 3 is 2.76 bits per heavy atom. The molecule has 2 N–H and O–H groups in total. The fourth-order valence-electron chi connectivity index (χ4n) is 1.42. The molecule has 0 aliphatic carbocycles. The molecule has 17 heavy (non-hydrogen) atoms. The minimum Gasteiger partial charge on any atom is -0.325 e. The third-order valence-corrected chi connectivity index (χ3v) is 2.63. The van der Waals surface area contributed by atoms with Gasteiger partial charge in [-0.1, -0.05) is 31.5 Å². The molecule has 0 bridgehead atoms. The SMILES string of the molecule is Cc1ccc(Cl)c(NC(=O)CCNC(C)C)c1. The lowest BCUT2D eigenvalue weighted by Gasteiger charge is -2.10. The van der Waals surface area contributed by atoms with Gasteiger partial charge in [-0.3, -0.25) is 4.79 Å². The van der Waals surface area contributed by atoms with E-state index in [1.54, 1.807) is 6.07 Å². The van der Waals surface area contributed by atoms with Gasteiger partial charge in [-0.05, 0) is 24.6 Å². The molecular weight excluding hydrogens is 236 g/mol. The molecule has 0 saturated carbocycles. The van der Waals surface area contributed by atoms with Crippen LogP contribution in [-0.4, -0.2) is 18.5 Å². The van der Waals surface area contributed by atoms with E-state index in [1.807, 2.05) is 19.1 Å². The van der Waals surface area contributed by atoms with Crippen LogP contribution in [0.2, 0.25) is 5.02 Å². The van der Waals surface area contributed by atoms with Crippen LogP contribution in [0, 0.1) is 6.92 Å². The summed E-state index contributed by atoms with van der Waals surface area (Å²) in [6.45, 7) is 6.74. The Morgan fingerprint density at radius 2 is 2.12 bits per heavy atom. The van der Waals surface area contributed by atoms with Gasteiger partial charge in [-0.2, -0.15) is 0 Å². The number of amides is 1. The van der Waals surface area contributed by atoms with E-state index in [0.29, 0.717) is 29.7 Å². The zero-order chi connectivity index (χ0) is 12.8. The molecular formula is C13H19ClN2O. The van der Waals surface area contributed by atoms with Crippen molar-refractivity contribution in [1.29, 1.82) is 0 Å². The molecule has 0 atom stereocenters. The molecule has 0 aliphatic heterocycles. The average molecular weight is 255 g/mol. The van der Waals surface area contributed by atoms with Gasteiger partial charge in [-0.15, -0.1) is 0 Å². The maximum atomic E-state index is 11.6. The number of benzene rings is 1. The topological polar surface area (TPSA) is 41.1 Å². The van der Waals surface area contributed by atoms with Crippen molar-refractivity contribution in [3.8, 4) is 0 Å². The lowest BCUT2D eigenvalue weighted by Crippen LogP contribution is -2.27. The van der Waals surface area contributed by atoms with Crippen LogP contribution < -0.4 is 10.6 Å². The number of carbonyl (C=O) groups excluding carboxylic acids is 1. The van der Waals surface area contributed by atoms with E-state index < -0.39 is 0 Å². The van der Waals surface area contributed by atoms with Gasteiger partial charge in [0.1, 0.15) is 0 Å². The molecule has 0 unspecified atom stereocenters. The van der Waals surface area contributed by atoms with Crippen LogP contribution in [0.1, 0.15) is 25.8 Å². The van der Waals surface area contributed by atoms with E-state index in [4.69, 9.17) is 11.6 Å². The first-order chi connectivity index (χ1) is 7.99. The van der Waals surface area contributed by atoms with Crippen molar-refractivity contribution in [1.82, 2.24) is 5.32 Å². The van der Waals surface area contributed by atoms with Crippen LogP contribution in [0.25, 0.3) is 0 Å². The fourth-order valence-corrected chi connectivity index (χ4v) is 1.59. The molecule has 94 valence electrons. The first-order valence-corrected chi connectivity index (χ1v) is 6.16. The normalized spacial score (nSPS) is 10.6. The van der Waals surface area contributed by atoms with E-state index >= 15 is 0 Å². The van der Waals surface area contributed by atoms with Crippen LogP contribution in [-0.2, 0) is 4.79 Å². The Bertz CT molecular complexity index is 391. The summed E-state index contributed by atoms with van der Waals surface area (Å²) in [6, 6.07) is 5.97. The summed E-state index contributed by atoms with van der Waals surface area (Å²) in [5, 5.41) is 6.58. The standard InChI is InChI=1S/C13H19ClN2O/c1-9(2)15-7-6-13(17)16-12-8-10(3)4-5-11(12)14/h4-5,8-9,15H,6-7H2,1-3H3,(H,16,17). The highest BCUT2D eigenvalue weighted by Gasteiger charge is 2.06. The molecule has 0 spiro atoms. The van der Waals surface area contributed by atoms with Gasteiger partial charge >= 0.3 is 0 Å². The fraction of sp³-hybridized carbons (Fsp3) is 0.462. The number of carbonyl (C=O) groups is 1. The first kappa shape index (κ1) is 14.0. The zero-order valence-electron chi connectivity index (χ0n) is 10.5. The third kappa shape index (κ3) is 5.20. The van der Waals surface area contributed by atoms with Gasteiger partial charge in [0.05, 0.1) is 10.7 Å². The van der Waals surface area contributed by atoms with Crippen molar-refractivity contribution in [2.75, 3.05) is 11.9 Å². The van der Waals surface area contributed by atoms with Crippen LogP contribution in [0.5, 0.6) is 0 Å². The molecule has 0 aromatic heterocycles. The monoisotopic (exact) mass is 254 g/mol. The average Bonchev–Trinajstić information content (AvgIpc) is 2.23. The molecule has 0 fully saturated rings. The number of halogens is 1.